The van der Waals surface area contributed by atoms with Crippen LogP contribution >= 0.6 is 0 Å². The van der Waals surface area contributed by atoms with Crippen molar-refractivity contribution in [2.24, 2.45) is 0 Å². The van der Waals surface area contributed by atoms with E-state index in [-0.39, 0.29) is 11.9 Å². The molecule has 0 saturated carbocycles. The molecule has 3 aromatic rings. The molecule has 0 bridgehead atoms. The standard InChI is InChI=1S/C23H25NO3/c1-4-13-26-21-9-11-22(12-10-21)27-23-8-7-19-14-18(5-6-20(19)15-23)16(2)24-17(3)25/h5-12,14-16H,4,13H2,1-3H3,(H,24,25). The van der Waals surface area contributed by atoms with Gasteiger partial charge in [0.05, 0.1) is 12.6 Å². The Labute approximate surface area is 160 Å². The minimum atomic E-state index is -0.0301. The van der Waals surface area contributed by atoms with E-state index in [4.69, 9.17) is 9.47 Å². The van der Waals surface area contributed by atoms with Gasteiger partial charge in [-0.05, 0) is 72.1 Å². The lowest BCUT2D eigenvalue weighted by Gasteiger charge is -2.14. The van der Waals surface area contributed by atoms with Crippen molar-refractivity contribution < 1.29 is 14.3 Å². The topological polar surface area (TPSA) is 47.6 Å². The van der Waals surface area contributed by atoms with E-state index >= 15 is 0 Å². The predicted octanol–water partition coefficient (Wildman–Crippen LogP) is 5.62. The summed E-state index contributed by atoms with van der Waals surface area (Å²) in [6.45, 7) is 6.31. The molecule has 1 amide bonds. The van der Waals surface area contributed by atoms with Crippen LogP contribution in [0.1, 0.15) is 38.8 Å². The Morgan fingerprint density at radius 3 is 2.26 bits per heavy atom. The first-order valence-electron chi connectivity index (χ1n) is 9.26. The van der Waals surface area contributed by atoms with E-state index in [9.17, 15) is 4.79 Å². The van der Waals surface area contributed by atoms with Crippen molar-refractivity contribution in [2.45, 2.75) is 33.2 Å². The molecule has 1 N–H and O–H groups in total. The third kappa shape index (κ3) is 5.00. The SMILES string of the molecule is CCCOc1ccc(Oc2ccc3cc(C(C)NC(C)=O)ccc3c2)cc1. The molecule has 0 spiro atoms. The molecule has 4 heteroatoms. The van der Waals surface area contributed by atoms with Crippen LogP contribution in [0.4, 0.5) is 0 Å². The molecule has 27 heavy (non-hydrogen) atoms. The molecule has 0 aliphatic rings. The maximum atomic E-state index is 11.2. The zero-order valence-corrected chi connectivity index (χ0v) is 16.0. The molecule has 4 nitrogen and oxygen atoms in total. The van der Waals surface area contributed by atoms with Crippen LogP contribution in [-0.2, 0) is 4.79 Å². The summed E-state index contributed by atoms with van der Waals surface area (Å²) in [6.07, 6.45) is 0.987. The van der Waals surface area contributed by atoms with Gasteiger partial charge in [0.25, 0.3) is 0 Å². The van der Waals surface area contributed by atoms with E-state index in [2.05, 4.69) is 24.4 Å². The molecule has 140 valence electrons. The fraction of sp³-hybridized carbons (Fsp3) is 0.261. The van der Waals surface area contributed by atoms with Crippen LogP contribution in [0.3, 0.4) is 0 Å². The van der Waals surface area contributed by atoms with Crippen molar-refractivity contribution in [1.29, 1.82) is 0 Å². The summed E-state index contributed by atoms with van der Waals surface area (Å²) in [5.41, 5.74) is 1.08. The number of hydrogen-bond acceptors (Lipinski definition) is 3. The normalized spacial score (nSPS) is 11.8. The molecule has 3 rings (SSSR count). The molecule has 0 saturated heterocycles. The average molecular weight is 363 g/mol. The van der Waals surface area contributed by atoms with Gasteiger partial charge in [-0.3, -0.25) is 4.79 Å². The van der Waals surface area contributed by atoms with Crippen LogP contribution in [-0.4, -0.2) is 12.5 Å². The van der Waals surface area contributed by atoms with Gasteiger partial charge in [-0.1, -0.05) is 25.1 Å². The van der Waals surface area contributed by atoms with Crippen LogP contribution in [0.15, 0.2) is 60.7 Å². The summed E-state index contributed by atoms with van der Waals surface area (Å²) < 4.78 is 11.6. The maximum Gasteiger partial charge on any atom is 0.217 e. The van der Waals surface area contributed by atoms with Gasteiger partial charge < -0.3 is 14.8 Å². The Hall–Kier alpha value is -3.01. The van der Waals surface area contributed by atoms with Crippen LogP contribution in [0, 0.1) is 0 Å². The smallest absolute Gasteiger partial charge is 0.217 e. The number of hydrogen-bond donors (Lipinski definition) is 1. The maximum absolute atomic E-state index is 11.2. The van der Waals surface area contributed by atoms with Gasteiger partial charge in [0, 0.05) is 6.92 Å². The summed E-state index contributed by atoms with van der Waals surface area (Å²) in [4.78, 5) is 11.2. The first-order valence-corrected chi connectivity index (χ1v) is 9.26. The third-order valence-corrected chi connectivity index (χ3v) is 4.29. The number of nitrogens with one attached hydrogen (secondary N) is 1. The predicted molar refractivity (Wildman–Crippen MR) is 108 cm³/mol. The van der Waals surface area contributed by atoms with Crippen LogP contribution in [0.5, 0.6) is 17.2 Å². The average Bonchev–Trinajstić information content (AvgIpc) is 2.66. The van der Waals surface area contributed by atoms with Gasteiger partial charge in [0.15, 0.2) is 0 Å². The van der Waals surface area contributed by atoms with E-state index in [1.165, 1.54) is 6.92 Å². The zero-order chi connectivity index (χ0) is 19.2. The Kier molecular flexibility index (Phi) is 5.97. The molecule has 0 heterocycles. The fourth-order valence-electron chi connectivity index (χ4n) is 2.92. The number of carbonyl (C=O) groups is 1. The lowest BCUT2D eigenvalue weighted by molar-refractivity contribution is -0.119. The highest BCUT2D eigenvalue weighted by molar-refractivity contribution is 5.85. The van der Waals surface area contributed by atoms with Gasteiger partial charge in [0.2, 0.25) is 5.91 Å². The lowest BCUT2D eigenvalue weighted by atomic mass is 10.0. The largest absolute Gasteiger partial charge is 0.494 e. The number of carbonyl (C=O) groups excluding carboxylic acids is 1. The Morgan fingerprint density at radius 1 is 0.926 bits per heavy atom. The first kappa shape index (κ1) is 18.8. The summed E-state index contributed by atoms with van der Waals surface area (Å²) in [7, 11) is 0. The highest BCUT2D eigenvalue weighted by Crippen LogP contribution is 2.28. The Balaban J connectivity index is 1.73. The van der Waals surface area contributed by atoms with Gasteiger partial charge in [-0.15, -0.1) is 0 Å². The minimum absolute atomic E-state index is 0.0173. The summed E-state index contributed by atoms with van der Waals surface area (Å²) in [5.74, 6) is 2.38. The summed E-state index contributed by atoms with van der Waals surface area (Å²) in [6, 6.07) is 19.8. The molecule has 1 atom stereocenters. The fourth-order valence-corrected chi connectivity index (χ4v) is 2.92. The first-order chi connectivity index (χ1) is 13.0. The van der Waals surface area contributed by atoms with E-state index in [0.29, 0.717) is 6.61 Å². The minimum Gasteiger partial charge on any atom is -0.494 e. The quantitative estimate of drug-likeness (QED) is 0.593. The van der Waals surface area contributed by atoms with Crippen LogP contribution in [0.2, 0.25) is 0 Å². The molecule has 0 aromatic heterocycles. The molecule has 1 unspecified atom stereocenters. The monoisotopic (exact) mass is 363 g/mol. The second kappa shape index (κ2) is 8.58. The lowest BCUT2D eigenvalue weighted by Crippen LogP contribution is -2.23. The highest BCUT2D eigenvalue weighted by Gasteiger charge is 2.08. The van der Waals surface area contributed by atoms with E-state index in [0.717, 1.165) is 40.0 Å². The highest BCUT2D eigenvalue weighted by atomic mass is 16.5. The third-order valence-electron chi connectivity index (χ3n) is 4.29. The number of benzene rings is 3. The number of amides is 1. The molecular weight excluding hydrogens is 338 g/mol. The van der Waals surface area contributed by atoms with Crippen molar-refractivity contribution >= 4 is 16.7 Å². The number of ether oxygens (including phenoxy) is 2. The second-order valence-electron chi connectivity index (χ2n) is 6.61. The summed E-state index contributed by atoms with van der Waals surface area (Å²) in [5, 5.41) is 5.11. The van der Waals surface area contributed by atoms with Gasteiger partial charge >= 0.3 is 0 Å². The Bertz CT molecular complexity index is 919. The molecule has 0 fully saturated rings. The molecule has 0 radical (unpaired) electrons. The van der Waals surface area contributed by atoms with Crippen molar-refractivity contribution in [3.05, 3.63) is 66.2 Å². The van der Waals surface area contributed by atoms with Gasteiger partial charge in [-0.2, -0.15) is 0 Å². The van der Waals surface area contributed by atoms with Crippen LogP contribution < -0.4 is 14.8 Å². The number of rotatable bonds is 7. The second-order valence-corrected chi connectivity index (χ2v) is 6.61. The zero-order valence-electron chi connectivity index (χ0n) is 16.0. The number of fused-ring (bicyclic) bond motifs is 1. The van der Waals surface area contributed by atoms with Crippen LogP contribution in [0.25, 0.3) is 10.8 Å². The van der Waals surface area contributed by atoms with Gasteiger partial charge in [0.1, 0.15) is 17.2 Å². The van der Waals surface area contributed by atoms with E-state index < -0.39 is 0 Å². The van der Waals surface area contributed by atoms with Crippen molar-refractivity contribution in [3.63, 3.8) is 0 Å². The summed E-state index contributed by atoms with van der Waals surface area (Å²) >= 11 is 0. The van der Waals surface area contributed by atoms with E-state index in [1.54, 1.807) is 0 Å². The van der Waals surface area contributed by atoms with E-state index in [1.807, 2.05) is 55.5 Å². The molecular formula is C23H25NO3. The Morgan fingerprint density at radius 2 is 1.56 bits per heavy atom. The van der Waals surface area contributed by atoms with Crippen molar-refractivity contribution in [1.82, 2.24) is 5.32 Å². The van der Waals surface area contributed by atoms with Crippen molar-refractivity contribution in [2.75, 3.05) is 6.61 Å². The van der Waals surface area contributed by atoms with Crippen molar-refractivity contribution in [3.8, 4) is 17.2 Å². The molecule has 0 aliphatic carbocycles. The molecule has 3 aromatic carbocycles. The molecule has 0 aliphatic heterocycles. The van der Waals surface area contributed by atoms with Gasteiger partial charge in [-0.25, -0.2) is 0 Å².